The summed E-state index contributed by atoms with van der Waals surface area (Å²) in [6.45, 7) is 1.84. The third-order valence-corrected chi connectivity index (χ3v) is 2.87. The van der Waals surface area contributed by atoms with E-state index in [0.717, 1.165) is 30.8 Å². The maximum atomic E-state index is 9.01. The van der Waals surface area contributed by atoms with Gasteiger partial charge in [0.1, 0.15) is 12.4 Å². The molecule has 1 heterocycles. The topological polar surface area (TPSA) is 47.9 Å². The monoisotopic (exact) mass is 252 g/mol. The fourth-order valence-electron chi connectivity index (χ4n) is 1.92. The molecule has 1 aromatic rings. The third kappa shape index (κ3) is 4.29. The number of hydrogen-bond donors (Lipinski definition) is 1. The molecule has 1 aliphatic heterocycles. The summed E-state index contributed by atoms with van der Waals surface area (Å²) in [5, 5.41) is 9.01. The highest BCUT2D eigenvalue weighted by Crippen LogP contribution is 2.15. The van der Waals surface area contributed by atoms with Crippen LogP contribution in [0.15, 0.2) is 24.3 Å². The number of aliphatic hydroxyl groups is 1. The summed E-state index contributed by atoms with van der Waals surface area (Å²) in [6, 6.07) is 7.43. The number of ether oxygens (including phenoxy) is 3. The van der Waals surface area contributed by atoms with E-state index in [0.29, 0.717) is 13.2 Å². The van der Waals surface area contributed by atoms with Gasteiger partial charge in [-0.1, -0.05) is 12.1 Å². The van der Waals surface area contributed by atoms with Crippen LogP contribution in [0.2, 0.25) is 0 Å². The molecule has 1 aromatic carbocycles. The zero-order chi connectivity index (χ0) is 12.6. The standard InChI is InChI=1S/C14H20O4/c15-11-12-4-3-5-13(10-12)16-8-9-18-14-6-1-2-7-17-14/h3-5,10,14-15H,1-2,6-9,11H2. The van der Waals surface area contributed by atoms with Crippen molar-refractivity contribution < 1.29 is 19.3 Å². The molecule has 0 aromatic heterocycles. The van der Waals surface area contributed by atoms with Crippen molar-refractivity contribution in [3.8, 4) is 5.75 Å². The minimum atomic E-state index is -0.0638. The second-order valence-corrected chi connectivity index (χ2v) is 4.32. The minimum absolute atomic E-state index is 0.0314. The van der Waals surface area contributed by atoms with Crippen molar-refractivity contribution in [2.45, 2.75) is 32.2 Å². The molecule has 1 saturated heterocycles. The SMILES string of the molecule is OCc1cccc(OCCOC2CCCCO2)c1. The Balaban J connectivity index is 1.65. The van der Waals surface area contributed by atoms with Crippen LogP contribution >= 0.6 is 0 Å². The quantitative estimate of drug-likeness (QED) is 0.788. The van der Waals surface area contributed by atoms with Gasteiger partial charge in [-0.25, -0.2) is 0 Å². The van der Waals surface area contributed by atoms with Crippen molar-refractivity contribution in [3.63, 3.8) is 0 Å². The molecule has 18 heavy (non-hydrogen) atoms. The lowest BCUT2D eigenvalue weighted by Gasteiger charge is -2.22. The van der Waals surface area contributed by atoms with Crippen molar-refractivity contribution in [3.05, 3.63) is 29.8 Å². The second kappa shape index (κ2) is 7.36. The highest BCUT2D eigenvalue weighted by atomic mass is 16.7. The maximum Gasteiger partial charge on any atom is 0.157 e. The number of aliphatic hydroxyl groups excluding tert-OH is 1. The average Bonchev–Trinajstić information content (AvgIpc) is 2.45. The predicted molar refractivity (Wildman–Crippen MR) is 67.4 cm³/mol. The first-order valence-electron chi connectivity index (χ1n) is 6.44. The Morgan fingerprint density at radius 2 is 2.22 bits per heavy atom. The highest BCUT2D eigenvalue weighted by Gasteiger charge is 2.13. The summed E-state index contributed by atoms with van der Waals surface area (Å²) < 4.78 is 16.6. The minimum Gasteiger partial charge on any atom is -0.491 e. The largest absolute Gasteiger partial charge is 0.491 e. The zero-order valence-electron chi connectivity index (χ0n) is 10.5. The molecule has 1 atom stereocenters. The van der Waals surface area contributed by atoms with Gasteiger partial charge < -0.3 is 19.3 Å². The van der Waals surface area contributed by atoms with E-state index in [1.54, 1.807) is 0 Å². The normalized spacial score (nSPS) is 19.7. The Morgan fingerprint density at radius 1 is 1.28 bits per heavy atom. The first-order valence-corrected chi connectivity index (χ1v) is 6.44. The van der Waals surface area contributed by atoms with E-state index in [1.165, 1.54) is 6.42 Å². The molecule has 0 radical (unpaired) electrons. The van der Waals surface area contributed by atoms with E-state index in [1.807, 2.05) is 24.3 Å². The van der Waals surface area contributed by atoms with Crippen LogP contribution in [0.3, 0.4) is 0 Å². The number of hydrogen-bond acceptors (Lipinski definition) is 4. The van der Waals surface area contributed by atoms with Crippen molar-refractivity contribution in [1.29, 1.82) is 0 Å². The van der Waals surface area contributed by atoms with Crippen molar-refractivity contribution >= 4 is 0 Å². The Bertz CT molecular complexity index is 347. The van der Waals surface area contributed by atoms with E-state index < -0.39 is 0 Å². The first kappa shape index (κ1) is 13.3. The molecular weight excluding hydrogens is 232 g/mol. The van der Waals surface area contributed by atoms with Gasteiger partial charge in [0.15, 0.2) is 6.29 Å². The van der Waals surface area contributed by atoms with Crippen LogP contribution in [-0.2, 0) is 16.1 Å². The van der Waals surface area contributed by atoms with E-state index in [-0.39, 0.29) is 12.9 Å². The van der Waals surface area contributed by atoms with Crippen LogP contribution in [0.1, 0.15) is 24.8 Å². The van der Waals surface area contributed by atoms with Gasteiger partial charge in [-0.15, -0.1) is 0 Å². The van der Waals surface area contributed by atoms with Gasteiger partial charge in [-0.05, 0) is 37.0 Å². The first-order chi connectivity index (χ1) is 8.88. The van der Waals surface area contributed by atoms with Gasteiger partial charge in [0.2, 0.25) is 0 Å². The molecule has 0 saturated carbocycles. The summed E-state index contributed by atoms with van der Waals surface area (Å²) in [4.78, 5) is 0. The molecule has 100 valence electrons. The molecule has 0 amide bonds. The van der Waals surface area contributed by atoms with Gasteiger partial charge in [0, 0.05) is 6.61 Å². The lowest BCUT2D eigenvalue weighted by molar-refractivity contribution is -0.165. The van der Waals surface area contributed by atoms with Crippen LogP contribution < -0.4 is 4.74 Å². The van der Waals surface area contributed by atoms with Gasteiger partial charge >= 0.3 is 0 Å². The lowest BCUT2D eigenvalue weighted by atomic mass is 10.2. The highest BCUT2D eigenvalue weighted by molar-refractivity contribution is 5.27. The molecule has 0 spiro atoms. The molecule has 4 heteroatoms. The molecule has 0 bridgehead atoms. The molecule has 1 aliphatic rings. The second-order valence-electron chi connectivity index (χ2n) is 4.32. The van der Waals surface area contributed by atoms with Gasteiger partial charge in [0.25, 0.3) is 0 Å². The Kier molecular flexibility index (Phi) is 5.45. The fourth-order valence-corrected chi connectivity index (χ4v) is 1.92. The van der Waals surface area contributed by atoms with Crippen LogP contribution in [0.5, 0.6) is 5.75 Å². The van der Waals surface area contributed by atoms with E-state index in [4.69, 9.17) is 19.3 Å². The van der Waals surface area contributed by atoms with Gasteiger partial charge in [-0.3, -0.25) is 0 Å². The van der Waals surface area contributed by atoms with Gasteiger partial charge in [0.05, 0.1) is 13.2 Å². The van der Waals surface area contributed by atoms with Crippen molar-refractivity contribution in [2.24, 2.45) is 0 Å². The van der Waals surface area contributed by atoms with Crippen molar-refractivity contribution in [1.82, 2.24) is 0 Å². The van der Waals surface area contributed by atoms with E-state index in [2.05, 4.69) is 0 Å². The van der Waals surface area contributed by atoms with E-state index in [9.17, 15) is 0 Å². The number of rotatable bonds is 6. The molecule has 1 fully saturated rings. The van der Waals surface area contributed by atoms with Crippen LogP contribution in [-0.4, -0.2) is 31.2 Å². The fraction of sp³-hybridized carbons (Fsp3) is 0.571. The van der Waals surface area contributed by atoms with Crippen LogP contribution in [0.4, 0.5) is 0 Å². The molecule has 2 rings (SSSR count). The van der Waals surface area contributed by atoms with Gasteiger partial charge in [-0.2, -0.15) is 0 Å². The Hall–Kier alpha value is -1.10. The molecule has 1 unspecified atom stereocenters. The van der Waals surface area contributed by atoms with Crippen molar-refractivity contribution in [2.75, 3.05) is 19.8 Å². The lowest BCUT2D eigenvalue weighted by Crippen LogP contribution is -2.24. The molecule has 4 nitrogen and oxygen atoms in total. The summed E-state index contributed by atoms with van der Waals surface area (Å²) in [7, 11) is 0. The smallest absolute Gasteiger partial charge is 0.157 e. The third-order valence-electron chi connectivity index (χ3n) is 2.87. The number of benzene rings is 1. The summed E-state index contributed by atoms with van der Waals surface area (Å²) in [5.41, 5.74) is 0.851. The summed E-state index contributed by atoms with van der Waals surface area (Å²) in [6.07, 6.45) is 3.21. The zero-order valence-corrected chi connectivity index (χ0v) is 10.5. The Labute approximate surface area is 107 Å². The molecular formula is C14H20O4. The predicted octanol–water partition coefficient (Wildman–Crippen LogP) is 2.10. The molecule has 0 aliphatic carbocycles. The average molecular weight is 252 g/mol. The summed E-state index contributed by atoms with van der Waals surface area (Å²) >= 11 is 0. The summed E-state index contributed by atoms with van der Waals surface area (Å²) in [5.74, 6) is 0.759. The van der Waals surface area contributed by atoms with Crippen LogP contribution in [0, 0.1) is 0 Å². The molecule has 1 N–H and O–H groups in total. The van der Waals surface area contributed by atoms with E-state index >= 15 is 0 Å². The van der Waals surface area contributed by atoms with Crippen LogP contribution in [0.25, 0.3) is 0 Å². The Morgan fingerprint density at radius 3 is 3.00 bits per heavy atom. The maximum absolute atomic E-state index is 9.01.